The molecule has 0 aliphatic rings. The molecular weight excluding hydrogens is 342 g/mol. The van der Waals surface area contributed by atoms with Gasteiger partial charge in [0.05, 0.1) is 12.5 Å². The zero-order valence-electron chi connectivity index (χ0n) is 13.8. The molecule has 2 aromatic heterocycles. The highest BCUT2D eigenvalue weighted by Gasteiger charge is 2.10. The molecule has 3 aromatic rings. The lowest BCUT2D eigenvalue weighted by Crippen LogP contribution is -2.35. The van der Waals surface area contributed by atoms with E-state index in [1.807, 2.05) is 13.0 Å². The molecule has 0 aliphatic carbocycles. The quantitative estimate of drug-likeness (QED) is 0.729. The summed E-state index contributed by atoms with van der Waals surface area (Å²) < 4.78 is 11.5. The number of nitrogens with zero attached hydrogens (tertiary/aromatic N) is 2. The molecule has 25 heavy (non-hydrogen) atoms. The molecule has 0 unspecified atom stereocenters. The molecule has 1 amide bonds. The monoisotopic (exact) mass is 359 g/mol. The van der Waals surface area contributed by atoms with E-state index in [9.17, 15) is 9.59 Å². The summed E-state index contributed by atoms with van der Waals surface area (Å²) in [4.78, 5) is 30.4. The number of benzene rings is 1. The maximum absolute atomic E-state index is 12.4. The van der Waals surface area contributed by atoms with Gasteiger partial charge in [-0.05, 0) is 36.8 Å². The zero-order valence-corrected chi connectivity index (χ0v) is 14.6. The van der Waals surface area contributed by atoms with Crippen LogP contribution < -0.4 is 20.5 Å². The number of carbonyl (C=O) groups is 1. The molecule has 0 saturated heterocycles. The number of aryl methyl sites for hydroxylation is 1. The Hall–Kier alpha value is -2.87. The summed E-state index contributed by atoms with van der Waals surface area (Å²) in [6.45, 7) is 1.79. The largest absolute Gasteiger partial charge is 0.497 e. The fourth-order valence-electron chi connectivity index (χ4n) is 2.21. The molecule has 0 aliphatic heterocycles. The maximum Gasteiger partial charge on any atom is 0.280 e. The third-order valence-corrected chi connectivity index (χ3v) is 4.71. The van der Waals surface area contributed by atoms with Gasteiger partial charge in [-0.2, -0.15) is 0 Å². The van der Waals surface area contributed by atoms with Crippen LogP contribution in [0.1, 0.15) is 11.8 Å². The minimum atomic E-state index is -0.454. The number of ether oxygens (including phenoxy) is 2. The van der Waals surface area contributed by atoms with Crippen molar-refractivity contribution in [2.45, 2.75) is 13.3 Å². The Labute approximate surface area is 147 Å². The Morgan fingerprint density at radius 1 is 1.28 bits per heavy atom. The van der Waals surface area contributed by atoms with Gasteiger partial charge in [-0.25, -0.2) is 9.66 Å². The highest BCUT2D eigenvalue weighted by molar-refractivity contribution is 7.18. The first-order valence-electron chi connectivity index (χ1n) is 7.67. The third-order valence-electron chi connectivity index (χ3n) is 3.53. The Kier molecular flexibility index (Phi) is 4.99. The fraction of sp³-hybridized carbons (Fsp3) is 0.235. The number of carbonyl (C=O) groups excluding carboxylic acids is 1. The van der Waals surface area contributed by atoms with Crippen LogP contribution in [0.3, 0.4) is 0 Å². The fourth-order valence-corrected chi connectivity index (χ4v) is 3.14. The van der Waals surface area contributed by atoms with Crippen molar-refractivity contribution in [2.75, 3.05) is 19.1 Å². The van der Waals surface area contributed by atoms with E-state index >= 15 is 0 Å². The Bertz CT molecular complexity index is 947. The van der Waals surface area contributed by atoms with Gasteiger partial charge in [0.1, 0.15) is 22.7 Å². The van der Waals surface area contributed by atoms with Gasteiger partial charge < -0.3 is 9.47 Å². The first-order chi connectivity index (χ1) is 12.1. The van der Waals surface area contributed by atoms with Gasteiger partial charge in [0.2, 0.25) is 0 Å². The van der Waals surface area contributed by atoms with Crippen molar-refractivity contribution in [1.29, 1.82) is 0 Å². The van der Waals surface area contributed by atoms with Crippen LogP contribution in [0.4, 0.5) is 0 Å². The molecule has 0 radical (unpaired) electrons. The molecule has 3 rings (SSSR count). The van der Waals surface area contributed by atoms with E-state index < -0.39 is 5.91 Å². The summed E-state index contributed by atoms with van der Waals surface area (Å²) in [7, 11) is 1.57. The number of thiophene rings is 1. The van der Waals surface area contributed by atoms with Crippen LogP contribution in [0, 0.1) is 0 Å². The molecule has 8 heteroatoms. The standard InChI is InChI=1S/C17H17N3O4S/c1-3-13-8-14-16(25-13)18-10-20(17(14)22)19-15(21)9-24-12-6-4-11(23-2)5-7-12/h4-8,10H,3,9H2,1-2H3,(H,19,21). The van der Waals surface area contributed by atoms with Gasteiger partial charge in [0.15, 0.2) is 6.61 Å². The second-order valence-electron chi connectivity index (χ2n) is 5.20. The predicted molar refractivity (Wildman–Crippen MR) is 96.1 cm³/mol. The van der Waals surface area contributed by atoms with Gasteiger partial charge in [-0.15, -0.1) is 11.3 Å². The number of methoxy groups -OCH3 is 1. The molecule has 1 aromatic carbocycles. The van der Waals surface area contributed by atoms with Gasteiger partial charge in [-0.3, -0.25) is 15.0 Å². The van der Waals surface area contributed by atoms with Crippen molar-refractivity contribution in [3.63, 3.8) is 0 Å². The van der Waals surface area contributed by atoms with Crippen LogP contribution in [0.2, 0.25) is 0 Å². The summed E-state index contributed by atoms with van der Waals surface area (Å²) in [6, 6.07) is 8.67. The second-order valence-corrected chi connectivity index (χ2v) is 6.32. The summed E-state index contributed by atoms with van der Waals surface area (Å²) in [5.41, 5.74) is 2.17. The van der Waals surface area contributed by atoms with E-state index in [0.717, 1.165) is 16.0 Å². The smallest absolute Gasteiger partial charge is 0.280 e. The molecule has 0 fully saturated rings. The van der Waals surface area contributed by atoms with Crippen molar-refractivity contribution in [1.82, 2.24) is 9.66 Å². The lowest BCUT2D eigenvalue weighted by Gasteiger charge is -2.09. The van der Waals surface area contributed by atoms with Crippen molar-refractivity contribution in [3.05, 3.63) is 51.9 Å². The van der Waals surface area contributed by atoms with Crippen LogP contribution in [-0.2, 0) is 11.2 Å². The molecule has 0 saturated carbocycles. The number of aromatic nitrogens is 2. The predicted octanol–water partition coefficient (Wildman–Crippen LogP) is 2.18. The number of amides is 1. The van der Waals surface area contributed by atoms with E-state index in [1.54, 1.807) is 31.4 Å². The lowest BCUT2D eigenvalue weighted by molar-refractivity contribution is -0.119. The zero-order chi connectivity index (χ0) is 17.8. The van der Waals surface area contributed by atoms with Crippen molar-refractivity contribution >= 4 is 27.5 Å². The summed E-state index contributed by atoms with van der Waals surface area (Å²) in [5, 5.41) is 0.501. The SMILES string of the molecule is CCc1cc2c(=O)n(NC(=O)COc3ccc(OC)cc3)cnc2s1. The van der Waals surface area contributed by atoms with E-state index in [-0.39, 0.29) is 12.2 Å². The highest BCUT2D eigenvalue weighted by Crippen LogP contribution is 2.20. The van der Waals surface area contributed by atoms with E-state index in [4.69, 9.17) is 9.47 Å². The third kappa shape index (κ3) is 3.80. The van der Waals surface area contributed by atoms with Crippen LogP contribution in [-0.4, -0.2) is 29.3 Å². The number of nitrogens with one attached hydrogen (secondary N) is 1. The Morgan fingerprint density at radius 2 is 2.00 bits per heavy atom. The Balaban J connectivity index is 1.67. The summed E-state index contributed by atoms with van der Waals surface area (Å²) in [6.07, 6.45) is 2.15. The van der Waals surface area contributed by atoms with Gasteiger partial charge in [0.25, 0.3) is 11.5 Å². The maximum atomic E-state index is 12.4. The van der Waals surface area contributed by atoms with Crippen molar-refractivity contribution in [2.24, 2.45) is 0 Å². The first kappa shape index (κ1) is 17.0. The molecule has 7 nitrogen and oxygen atoms in total. The number of fused-ring (bicyclic) bond motifs is 1. The van der Waals surface area contributed by atoms with Crippen LogP contribution in [0.25, 0.3) is 10.2 Å². The van der Waals surface area contributed by atoms with Gasteiger partial charge >= 0.3 is 0 Å². The van der Waals surface area contributed by atoms with Crippen LogP contribution >= 0.6 is 11.3 Å². The summed E-state index contributed by atoms with van der Waals surface area (Å²) in [5.74, 6) is 0.775. The van der Waals surface area contributed by atoms with Crippen LogP contribution in [0.5, 0.6) is 11.5 Å². The van der Waals surface area contributed by atoms with Crippen LogP contribution in [0.15, 0.2) is 41.5 Å². The molecule has 0 spiro atoms. The average molecular weight is 359 g/mol. The molecule has 1 N–H and O–H groups in total. The molecule has 130 valence electrons. The average Bonchev–Trinajstić information content (AvgIpc) is 3.07. The first-order valence-corrected chi connectivity index (χ1v) is 8.49. The normalized spacial score (nSPS) is 10.6. The van der Waals surface area contributed by atoms with Crippen molar-refractivity contribution < 1.29 is 14.3 Å². The lowest BCUT2D eigenvalue weighted by atomic mass is 10.3. The molecule has 2 heterocycles. The van der Waals surface area contributed by atoms with E-state index in [1.165, 1.54) is 17.7 Å². The second kappa shape index (κ2) is 7.35. The minimum absolute atomic E-state index is 0.222. The molecule has 0 bridgehead atoms. The Morgan fingerprint density at radius 3 is 2.68 bits per heavy atom. The van der Waals surface area contributed by atoms with E-state index in [0.29, 0.717) is 21.7 Å². The highest BCUT2D eigenvalue weighted by atomic mass is 32.1. The topological polar surface area (TPSA) is 82.5 Å². The number of hydrogen-bond donors (Lipinski definition) is 1. The van der Waals surface area contributed by atoms with Gasteiger partial charge in [0, 0.05) is 4.88 Å². The van der Waals surface area contributed by atoms with E-state index in [2.05, 4.69) is 10.4 Å². The summed E-state index contributed by atoms with van der Waals surface area (Å²) >= 11 is 1.48. The minimum Gasteiger partial charge on any atom is -0.497 e. The molecule has 0 atom stereocenters. The number of hydrogen-bond acceptors (Lipinski definition) is 6. The molecular formula is C17H17N3O4S. The van der Waals surface area contributed by atoms with Crippen molar-refractivity contribution in [3.8, 4) is 11.5 Å². The van der Waals surface area contributed by atoms with Gasteiger partial charge in [-0.1, -0.05) is 6.92 Å². The number of rotatable bonds is 6.